The van der Waals surface area contributed by atoms with Gasteiger partial charge in [0.1, 0.15) is 4.88 Å². The molecule has 0 unspecified atom stereocenters. The summed E-state index contributed by atoms with van der Waals surface area (Å²) in [5, 5.41) is 3.84. The van der Waals surface area contributed by atoms with Crippen molar-refractivity contribution in [2.45, 2.75) is 37.9 Å². The highest BCUT2D eigenvalue weighted by Crippen LogP contribution is 2.31. The highest BCUT2D eigenvalue weighted by molar-refractivity contribution is 7.90. The Labute approximate surface area is 134 Å². The molecule has 0 spiro atoms. The van der Waals surface area contributed by atoms with Crippen LogP contribution in [0.1, 0.15) is 41.6 Å². The van der Waals surface area contributed by atoms with E-state index in [0.717, 1.165) is 42.9 Å². The number of nitrogens with zero attached hydrogens (tertiary/aromatic N) is 4. The van der Waals surface area contributed by atoms with E-state index in [0.29, 0.717) is 31.1 Å². The van der Waals surface area contributed by atoms with Crippen LogP contribution in [0, 0.1) is 0 Å². The van der Waals surface area contributed by atoms with Gasteiger partial charge in [0.05, 0.1) is 10.9 Å². The molecule has 0 aromatic carbocycles. The van der Waals surface area contributed by atoms with Crippen molar-refractivity contribution in [2.75, 3.05) is 26.2 Å². The predicted octanol–water partition coefficient (Wildman–Crippen LogP) is 0.741. The molecule has 1 aliphatic heterocycles. The number of hydrogen-bond acceptors (Lipinski definition) is 6. The van der Waals surface area contributed by atoms with Crippen LogP contribution in [0.15, 0.2) is 0 Å². The molecular formula is C13H20N4O3S2. The van der Waals surface area contributed by atoms with E-state index < -0.39 is 10.0 Å². The molecule has 1 saturated heterocycles. The summed E-state index contributed by atoms with van der Waals surface area (Å²) in [4.78, 5) is 14.9. The summed E-state index contributed by atoms with van der Waals surface area (Å²) in [5.74, 6) is -0.0677. The van der Waals surface area contributed by atoms with Gasteiger partial charge in [0.2, 0.25) is 10.0 Å². The number of carbonyl (C=O) groups is 1. The second-order valence-electron chi connectivity index (χ2n) is 5.73. The Morgan fingerprint density at radius 3 is 2.55 bits per heavy atom. The molecule has 1 aromatic rings. The van der Waals surface area contributed by atoms with Crippen LogP contribution >= 0.6 is 11.5 Å². The standard InChI is InChI=1S/C13H20N4O3S2/c1-2-3-11-12(21-15-14-11)13(18)16-6-8-17(9-7-16)22(19,20)10-4-5-10/h10H,2-9H2,1H3. The smallest absolute Gasteiger partial charge is 0.267 e. The summed E-state index contributed by atoms with van der Waals surface area (Å²) in [6.45, 7) is 3.69. The minimum Gasteiger partial charge on any atom is -0.335 e. The first-order valence-corrected chi connectivity index (χ1v) is 9.91. The van der Waals surface area contributed by atoms with Gasteiger partial charge in [0.25, 0.3) is 5.91 Å². The topological polar surface area (TPSA) is 83.5 Å². The Morgan fingerprint density at radius 2 is 1.95 bits per heavy atom. The number of rotatable bonds is 5. The van der Waals surface area contributed by atoms with Crippen LogP contribution in [-0.4, -0.2) is 64.5 Å². The van der Waals surface area contributed by atoms with Gasteiger partial charge in [-0.2, -0.15) is 4.31 Å². The van der Waals surface area contributed by atoms with Crippen molar-refractivity contribution in [1.82, 2.24) is 18.8 Å². The van der Waals surface area contributed by atoms with E-state index in [1.165, 1.54) is 4.31 Å². The molecule has 0 radical (unpaired) electrons. The number of hydrogen-bond donors (Lipinski definition) is 0. The molecule has 0 bridgehead atoms. The van der Waals surface area contributed by atoms with Crippen LogP contribution in [0.3, 0.4) is 0 Å². The zero-order valence-electron chi connectivity index (χ0n) is 12.6. The molecule has 22 heavy (non-hydrogen) atoms. The van der Waals surface area contributed by atoms with Crippen molar-refractivity contribution in [2.24, 2.45) is 0 Å². The molecule has 2 aliphatic rings. The van der Waals surface area contributed by atoms with Crippen molar-refractivity contribution in [3.05, 3.63) is 10.6 Å². The second kappa shape index (κ2) is 6.21. The zero-order chi connectivity index (χ0) is 15.7. The Bertz CT molecular complexity index is 646. The third-order valence-corrected chi connectivity index (χ3v) is 7.22. The zero-order valence-corrected chi connectivity index (χ0v) is 14.2. The van der Waals surface area contributed by atoms with E-state index in [1.807, 2.05) is 6.92 Å². The fraction of sp³-hybridized carbons (Fsp3) is 0.769. The predicted molar refractivity (Wildman–Crippen MR) is 83.3 cm³/mol. The van der Waals surface area contributed by atoms with E-state index in [2.05, 4.69) is 9.59 Å². The summed E-state index contributed by atoms with van der Waals surface area (Å²) in [6, 6.07) is 0. The quantitative estimate of drug-likeness (QED) is 0.787. The molecule has 7 nitrogen and oxygen atoms in total. The van der Waals surface area contributed by atoms with Crippen molar-refractivity contribution < 1.29 is 13.2 Å². The summed E-state index contributed by atoms with van der Waals surface area (Å²) in [6.07, 6.45) is 3.20. The van der Waals surface area contributed by atoms with E-state index in [9.17, 15) is 13.2 Å². The van der Waals surface area contributed by atoms with Gasteiger partial charge in [-0.05, 0) is 30.8 Å². The molecule has 0 atom stereocenters. The first-order chi connectivity index (χ1) is 10.5. The maximum absolute atomic E-state index is 12.5. The molecule has 122 valence electrons. The molecule has 2 fully saturated rings. The number of carbonyl (C=O) groups excluding carboxylic acids is 1. The van der Waals surface area contributed by atoms with Crippen molar-refractivity contribution in [3.63, 3.8) is 0 Å². The molecule has 0 N–H and O–H groups in total. The molecule has 2 heterocycles. The Balaban J connectivity index is 1.63. The Kier molecular flexibility index (Phi) is 4.47. The number of piperazine rings is 1. The number of aromatic nitrogens is 2. The van der Waals surface area contributed by atoms with Gasteiger partial charge >= 0.3 is 0 Å². The van der Waals surface area contributed by atoms with Crippen molar-refractivity contribution in [3.8, 4) is 0 Å². The third kappa shape index (κ3) is 3.02. The monoisotopic (exact) mass is 344 g/mol. The van der Waals surface area contributed by atoms with Crippen LogP contribution in [0.2, 0.25) is 0 Å². The number of aryl methyl sites for hydroxylation is 1. The molecule has 3 rings (SSSR count). The molecule has 1 amide bonds. The lowest BCUT2D eigenvalue weighted by Gasteiger charge is -2.33. The average Bonchev–Trinajstić information content (AvgIpc) is 3.28. The summed E-state index contributed by atoms with van der Waals surface area (Å²) < 4.78 is 29.8. The van der Waals surface area contributed by atoms with Crippen molar-refractivity contribution >= 4 is 27.5 Å². The first kappa shape index (κ1) is 15.8. The largest absolute Gasteiger partial charge is 0.335 e. The molecule has 9 heteroatoms. The van der Waals surface area contributed by atoms with Gasteiger partial charge in [-0.1, -0.05) is 17.8 Å². The van der Waals surface area contributed by atoms with E-state index in [1.54, 1.807) is 4.90 Å². The summed E-state index contributed by atoms with van der Waals surface area (Å²) in [7, 11) is -3.14. The lowest BCUT2D eigenvalue weighted by molar-refractivity contribution is 0.0701. The average molecular weight is 344 g/mol. The summed E-state index contributed by atoms with van der Waals surface area (Å²) >= 11 is 1.13. The van der Waals surface area contributed by atoms with Gasteiger partial charge in [0.15, 0.2) is 0 Å². The van der Waals surface area contributed by atoms with E-state index >= 15 is 0 Å². The van der Waals surface area contributed by atoms with Gasteiger partial charge in [-0.3, -0.25) is 4.79 Å². The highest BCUT2D eigenvalue weighted by Gasteiger charge is 2.41. The lowest BCUT2D eigenvalue weighted by atomic mass is 10.2. The Morgan fingerprint density at radius 1 is 1.27 bits per heavy atom. The summed E-state index contributed by atoms with van der Waals surface area (Å²) in [5.41, 5.74) is 0.755. The molecule has 1 saturated carbocycles. The fourth-order valence-corrected chi connectivity index (χ4v) is 5.14. The van der Waals surface area contributed by atoms with E-state index in [-0.39, 0.29) is 11.2 Å². The van der Waals surface area contributed by atoms with Gasteiger partial charge < -0.3 is 4.90 Å². The van der Waals surface area contributed by atoms with Gasteiger partial charge in [-0.25, -0.2) is 8.42 Å². The molecular weight excluding hydrogens is 324 g/mol. The fourth-order valence-electron chi connectivity index (χ4n) is 2.64. The van der Waals surface area contributed by atoms with Crippen LogP contribution in [0.4, 0.5) is 0 Å². The minimum absolute atomic E-state index is 0.0677. The van der Waals surface area contributed by atoms with Crippen LogP contribution in [0.5, 0.6) is 0 Å². The molecule has 1 aliphatic carbocycles. The highest BCUT2D eigenvalue weighted by atomic mass is 32.2. The Hall–Kier alpha value is -1.06. The first-order valence-electron chi connectivity index (χ1n) is 7.63. The van der Waals surface area contributed by atoms with E-state index in [4.69, 9.17) is 0 Å². The van der Waals surface area contributed by atoms with Crippen LogP contribution in [0.25, 0.3) is 0 Å². The van der Waals surface area contributed by atoms with Gasteiger partial charge in [0, 0.05) is 26.2 Å². The number of amides is 1. The van der Waals surface area contributed by atoms with Crippen molar-refractivity contribution in [1.29, 1.82) is 0 Å². The minimum atomic E-state index is -3.14. The molecule has 1 aromatic heterocycles. The normalized spacial score (nSPS) is 20.3. The lowest BCUT2D eigenvalue weighted by Crippen LogP contribution is -2.51. The number of sulfonamides is 1. The maximum Gasteiger partial charge on any atom is 0.267 e. The van der Waals surface area contributed by atoms with Crippen LogP contribution in [-0.2, 0) is 16.4 Å². The SMILES string of the molecule is CCCc1nnsc1C(=O)N1CCN(S(=O)(=O)C2CC2)CC1. The third-order valence-electron chi connectivity index (χ3n) is 4.07. The maximum atomic E-state index is 12.5. The van der Waals surface area contributed by atoms with Gasteiger partial charge in [-0.15, -0.1) is 5.10 Å². The van der Waals surface area contributed by atoms with Crippen LogP contribution < -0.4 is 0 Å². The second-order valence-corrected chi connectivity index (χ2v) is 8.70.